The molecule has 0 aliphatic heterocycles. The molecule has 0 saturated heterocycles. The fourth-order valence-electron chi connectivity index (χ4n) is 1.61. The van der Waals surface area contributed by atoms with Crippen molar-refractivity contribution in [2.45, 2.75) is 26.0 Å². The first-order valence-corrected chi connectivity index (χ1v) is 5.27. The lowest BCUT2D eigenvalue weighted by atomic mass is 9.81. The lowest BCUT2D eigenvalue weighted by molar-refractivity contribution is 0.0589. The first-order valence-electron chi connectivity index (χ1n) is 5.27. The Morgan fingerprint density at radius 3 is 2.65 bits per heavy atom. The Labute approximate surface area is 98.7 Å². The van der Waals surface area contributed by atoms with Crippen molar-refractivity contribution in [1.29, 1.82) is 0 Å². The van der Waals surface area contributed by atoms with Gasteiger partial charge in [-0.2, -0.15) is 5.10 Å². The zero-order valence-electron chi connectivity index (χ0n) is 9.70. The van der Waals surface area contributed by atoms with Gasteiger partial charge in [-0.15, -0.1) is 0 Å². The van der Waals surface area contributed by atoms with E-state index in [1.807, 2.05) is 0 Å². The molecule has 2 aromatic rings. The van der Waals surface area contributed by atoms with Gasteiger partial charge in [-0.05, 0) is 19.9 Å². The van der Waals surface area contributed by atoms with E-state index in [0.29, 0.717) is 23.0 Å². The molecule has 0 fully saturated rings. The maximum atomic E-state index is 9.72. The van der Waals surface area contributed by atoms with Gasteiger partial charge in [0.05, 0.1) is 18.3 Å². The normalized spacial score (nSPS) is 12.1. The summed E-state index contributed by atoms with van der Waals surface area (Å²) in [7, 11) is -1.54. The summed E-state index contributed by atoms with van der Waals surface area (Å²) in [4.78, 5) is 4.12. The lowest BCUT2D eigenvalue weighted by Crippen LogP contribution is -2.30. The van der Waals surface area contributed by atoms with E-state index in [2.05, 4.69) is 10.1 Å². The predicted octanol–water partition coefficient (Wildman–Crippen LogP) is -1.12. The molecule has 2 heterocycles. The summed E-state index contributed by atoms with van der Waals surface area (Å²) in [6, 6.07) is 1.61. The van der Waals surface area contributed by atoms with Gasteiger partial charge >= 0.3 is 7.12 Å². The third kappa shape index (κ3) is 2.63. The first kappa shape index (κ1) is 12.0. The number of pyridine rings is 1. The summed E-state index contributed by atoms with van der Waals surface area (Å²) in [6.45, 7) is 3.70. The molecule has 3 N–H and O–H groups in total. The van der Waals surface area contributed by atoms with Crippen LogP contribution >= 0.6 is 0 Å². The van der Waals surface area contributed by atoms with Crippen LogP contribution in [0.1, 0.15) is 13.8 Å². The van der Waals surface area contributed by atoms with E-state index in [1.54, 1.807) is 30.8 Å². The lowest BCUT2D eigenvalue weighted by Gasteiger charge is -2.16. The molecule has 0 aromatic carbocycles. The van der Waals surface area contributed by atoms with Crippen molar-refractivity contribution in [3.05, 3.63) is 18.5 Å². The van der Waals surface area contributed by atoms with Crippen LogP contribution in [-0.2, 0) is 6.54 Å². The van der Waals surface area contributed by atoms with Crippen LogP contribution in [0.4, 0.5) is 0 Å². The van der Waals surface area contributed by atoms with Crippen LogP contribution in [0.3, 0.4) is 0 Å². The van der Waals surface area contributed by atoms with Crippen LogP contribution < -0.4 is 5.46 Å². The van der Waals surface area contributed by atoms with Gasteiger partial charge in [0.1, 0.15) is 0 Å². The smallest absolute Gasteiger partial charge is 0.423 e. The molecule has 17 heavy (non-hydrogen) atoms. The number of nitrogens with zero attached hydrogens (tertiary/aromatic N) is 3. The van der Waals surface area contributed by atoms with Gasteiger partial charge in [0.15, 0.2) is 5.65 Å². The van der Waals surface area contributed by atoms with Crippen molar-refractivity contribution in [3.63, 3.8) is 0 Å². The Bertz CT molecular complexity index is 533. The molecule has 0 radical (unpaired) electrons. The molecule has 0 aliphatic carbocycles. The number of hydrogen-bond acceptors (Lipinski definition) is 5. The van der Waals surface area contributed by atoms with Crippen molar-refractivity contribution < 1.29 is 15.2 Å². The van der Waals surface area contributed by atoms with Crippen molar-refractivity contribution >= 4 is 23.6 Å². The van der Waals surface area contributed by atoms with Gasteiger partial charge in [0.2, 0.25) is 0 Å². The molecule has 0 saturated carbocycles. The maximum absolute atomic E-state index is 9.72. The van der Waals surface area contributed by atoms with Crippen LogP contribution in [0.2, 0.25) is 0 Å². The molecule has 7 heteroatoms. The zero-order chi connectivity index (χ0) is 12.6. The molecule has 0 bridgehead atoms. The van der Waals surface area contributed by atoms with Gasteiger partial charge in [-0.1, -0.05) is 0 Å². The average Bonchev–Trinajstić information content (AvgIpc) is 2.58. The number of hydrogen-bond donors (Lipinski definition) is 3. The van der Waals surface area contributed by atoms with Crippen LogP contribution in [0.5, 0.6) is 0 Å². The molecule has 2 rings (SSSR count). The number of fused-ring (bicyclic) bond motifs is 1. The van der Waals surface area contributed by atoms with Gasteiger partial charge in [0, 0.05) is 17.0 Å². The molecular formula is C10H14BN3O3. The molecule has 0 amide bonds. The highest BCUT2D eigenvalue weighted by molar-refractivity contribution is 6.58. The Morgan fingerprint density at radius 1 is 1.35 bits per heavy atom. The second-order valence-electron chi connectivity index (χ2n) is 4.67. The van der Waals surface area contributed by atoms with Gasteiger partial charge < -0.3 is 15.2 Å². The summed E-state index contributed by atoms with van der Waals surface area (Å²) in [5.74, 6) is 0. The van der Waals surface area contributed by atoms with Gasteiger partial charge in [0.25, 0.3) is 0 Å². The third-order valence-corrected chi connectivity index (χ3v) is 2.33. The molecule has 90 valence electrons. The van der Waals surface area contributed by atoms with E-state index in [4.69, 9.17) is 10.0 Å². The first-order chi connectivity index (χ1) is 7.87. The molecule has 0 aliphatic rings. The fraction of sp³-hybridized carbons (Fsp3) is 0.400. The van der Waals surface area contributed by atoms with Gasteiger partial charge in [-0.3, -0.25) is 0 Å². The highest BCUT2D eigenvalue weighted by Crippen LogP contribution is 2.12. The van der Waals surface area contributed by atoms with Crippen molar-refractivity contribution in [2.75, 3.05) is 0 Å². The summed E-state index contributed by atoms with van der Waals surface area (Å²) in [5.41, 5.74) is 0.0485. The summed E-state index contributed by atoms with van der Waals surface area (Å²) in [5, 5.41) is 32.6. The quantitative estimate of drug-likeness (QED) is 0.586. The second kappa shape index (κ2) is 4.10. The monoisotopic (exact) mass is 235 g/mol. The Morgan fingerprint density at radius 2 is 2.06 bits per heavy atom. The Balaban J connectivity index is 2.42. The number of aromatic nitrogens is 3. The largest absolute Gasteiger partial charge is 0.490 e. The zero-order valence-corrected chi connectivity index (χ0v) is 9.70. The number of aliphatic hydroxyl groups is 1. The van der Waals surface area contributed by atoms with Crippen molar-refractivity contribution in [2.24, 2.45) is 0 Å². The molecule has 0 atom stereocenters. The average molecular weight is 235 g/mol. The van der Waals surface area contributed by atoms with Crippen LogP contribution in [0.25, 0.3) is 11.0 Å². The minimum Gasteiger partial charge on any atom is -0.423 e. The molecule has 6 nitrogen and oxygen atoms in total. The molecule has 0 unspecified atom stereocenters. The Kier molecular flexibility index (Phi) is 2.90. The van der Waals surface area contributed by atoms with E-state index < -0.39 is 12.7 Å². The minimum atomic E-state index is -1.54. The maximum Gasteiger partial charge on any atom is 0.490 e. The number of rotatable bonds is 3. The summed E-state index contributed by atoms with van der Waals surface area (Å²) < 4.78 is 1.59. The topological polar surface area (TPSA) is 91.4 Å². The standard InChI is InChI=1S/C10H14BN3O3/c1-10(2,15)6-14-9-7(4-13-14)3-8(5-12-9)11(16)17/h3-5,15-17H,6H2,1-2H3. The van der Waals surface area contributed by atoms with E-state index >= 15 is 0 Å². The van der Waals surface area contributed by atoms with E-state index in [-0.39, 0.29) is 0 Å². The van der Waals surface area contributed by atoms with E-state index in [1.165, 1.54) is 6.20 Å². The summed E-state index contributed by atoms with van der Waals surface area (Å²) >= 11 is 0. The van der Waals surface area contributed by atoms with Gasteiger partial charge in [-0.25, -0.2) is 9.67 Å². The van der Waals surface area contributed by atoms with E-state index in [9.17, 15) is 5.11 Å². The second-order valence-corrected chi connectivity index (χ2v) is 4.67. The third-order valence-electron chi connectivity index (χ3n) is 2.33. The highest BCUT2D eigenvalue weighted by Gasteiger charge is 2.18. The van der Waals surface area contributed by atoms with Crippen LogP contribution in [0.15, 0.2) is 18.5 Å². The van der Waals surface area contributed by atoms with E-state index in [0.717, 1.165) is 0 Å². The highest BCUT2D eigenvalue weighted by atomic mass is 16.4. The fourth-order valence-corrected chi connectivity index (χ4v) is 1.61. The molecular weight excluding hydrogens is 221 g/mol. The minimum absolute atomic E-state index is 0.320. The van der Waals surface area contributed by atoms with Crippen LogP contribution in [-0.4, -0.2) is 42.6 Å². The predicted molar refractivity (Wildman–Crippen MR) is 63.7 cm³/mol. The Hall–Kier alpha value is -1.44. The van der Waals surface area contributed by atoms with Crippen molar-refractivity contribution in [3.8, 4) is 0 Å². The van der Waals surface area contributed by atoms with Crippen molar-refractivity contribution in [1.82, 2.24) is 14.8 Å². The SMILES string of the molecule is CC(C)(O)Cn1ncc2cc(B(O)O)cnc21. The van der Waals surface area contributed by atoms with Crippen LogP contribution in [0, 0.1) is 0 Å². The molecule has 0 spiro atoms. The summed E-state index contributed by atoms with van der Waals surface area (Å²) in [6.07, 6.45) is 2.97. The molecule has 2 aromatic heterocycles.